The van der Waals surface area contributed by atoms with E-state index >= 15 is 0 Å². The number of Topliss-reactive ketones (excluding diaryl/α,β-unsaturated/α-hetero) is 1. The maximum Gasteiger partial charge on any atom is 0.317 e. The largest absolute Gasteiger partial charge is 0.457 e. The quantitative estimate of drug-likeness (QED) is 0.428. The van der Waals surface area contributed by atoms with Gasteiger partial charge in [0.25, 0.3) is 0 Å². The summed E-state index contributed by atoms with van der Waals surface area (Å²) in [4.78, 5) is 25.6. The zero-order valence-corrected chi connectivity index (χ0v) is 17.4. The minimum Gasteiger partial charge on any atom is -0.457 e. The van der Waals surface area contributed by atoms with Crippen molar-refractivity contribution in [2.24, 2.45) is 0 Å². The van der Waals surface area contributed by atoms with Gasteiger partial charge in [0, 0.05) is 5.56 Å². The zero-order valence-electron chi connectivity index (χ0n) is 17.4. The van der Waals surface area contributed by atoms with Gasteiger partial charge in [0.2, 0.25) is 0 Å². The van der Waals surface area contributed by atoms with Gasteiger partial charge in [0.05, 0.1) is 5.41 Å². The van der Waals surface area contributed by atoms with E-state index in [2.05, 4.69) is 0 Å². The second kappa shape index (κ2) is 9.11. The minimum absolute atomic E-state index is 0.189. The summed E-state index contributed by atoms with van der Waals surface area (Å²) in [6, 6.07) is 13.9. The highest BCUT2D eigenvalue weighted by molar-refractivity contribution is 5.98. The Balaban J connectivity index is 1.40. The summed E-state index contributed by atoms with van der Waals surface area (Å²) in [5, 5.41) is 0. The standard InChI is InChI=1S/C26H29FO3/c27-23-14-12-22(13-15-23)26(16-4-5-17-26)25(29)30-18-24(28)21-10-8-20(9-11-21)19-6-2-1-3-7-19/h8-15,19H,1-7,16-18H2. The lowest BCUT2D eigenvalue weighted by atomic mass is 9.79. The number of ketones is 1. The molecule has 4 heteroatoms. The van der Waals surface area contributed by atoms with Crippen LogP contribution in [0, 0.1) is 5.82 Å². The van der Waals surface area contributed by atoms with Crippen molar-refractivity contribution < 1.29 is 18.7 Å². The molecule has 2 aromatic carbocycles. The van der Waals surface area contributed by atoms with E-state index in [4.69, 9.17) is 4.74 Å². The summed E-state index contributed by atoms with van der Waals surface area (Å²) in [6.45, 7) is -0.259. The molecule has 2 fully saturated rings. The Labute approximate surface area is 177 Å². The number of hydrogen-bond donors (Lipinski definition) is 0. The highest BCUT2D eigenvalue weighted by Crippen LogP contribution is 2.42. The normalized spacial score (nSPS) is 18.8. The molecule has 158 valence electrons. The van der Waals surface area contributed by atoms with Gasteiger partial charge in [-0.25, -0.2) is 4.39 Å². The van der Waals surface area contributed by atoms with E-state index in [9.17, 15) is 14.0 Å². The van der Waals surface area contributed by atoms with Gasteiger partial charge in [-0.05, 0) is 54.9 Å². The van der Waals surface area contributed by atoms with Crippen LogP contribution in [0.15, 0.2) is 48.5 Å². The lowest BCUT2D eigenvalue weighted by Gasteiger charge is -2.27. The molecular weight excluding hydrogens is 379 g/mol. The van der Waals surface area contributed by atoms with Gasteiger partial charge in [0.1, 0.15) is 5.82 Å². The summed E-state index contributed by atoms with van der Waals surface area (Å²) >= 11 is 0. The van der Waals surface area contributed by atoms with Crippen molar-refractivity contribution in [2.75, 3.05) is 6.61 Å². The third-order valence-electron chi connectivity index (χ3n) is 6.89. The van der Waals surface area contributed by atoms with Crippen LogP contribution in [0.5, 0.6) is 0 Å². The number of halogens is 1. The molecule has 0 unspecified atom stereocenters. The average molecular weight is 409 g/mol. The van der Waals surface area contributed by atoms with Gasteiger partial charge in [-0.15, -0.1) is 0 Å². The SMILES string of the molecule is O=C(COC(=O)C1(c2ccc(F)cc2)CCCC1)c1ccc(C2CCCCC2)cc1. The summed E-state index contributed by atoms with van der Waals surface area (Å²) < 4.78 is 18.8. The lowest BCUT2D eigenvalue weighted by Crippen LogP contribution is -2.35. The molecule has 3 nitrogen and oxygen atoms in total. The van der Waals surface area contributed by atoms with Crippen molar-refractivity contribution in [1.82, 2.24) is 0 Å². The Bertz CT molecular complexity index is 873. The minimum atomic E-state index is -0.765. The maximum absolute atomic E-state index is 13.3. The van der Waals surface area contributed by atoms with Crippen molar-refractivity contribution in [3.05, 3.63) is 71.0 Å². The van der Waals surface area contributed by atoms with Crippen LogP contribution in [0.1, 0.15) is 85.2 Å². The zero-order chi connectivity index (χ0) is 21.0. The predicted molar refractivity (Wildman–Crippen MR) is 114 cm³/mol. The molecule has 0 amide bonds. The van der Waals surface area contributed by atoms with E-state index in [0.29, 0.717) is 24.3 Å². The summed E-state index contributed by atoms with van der Waals surface area (Å²) in [5.74, 6) is -0.296. The van der Waals surface area contributed by atoms with Crippen molar-refractivity contribution in [2.45, 2.75) is 69.1 Å². The van der Waals surface area contributed by atoms with Gasteiger partial charge in [-0.3, -0.25) is 9.59 Å². The monoisotopic (exact) mass is 408 g/mol. The van der Waals surface area contributed by atoms with Gasteiger partial charge in [-0.2, -0.15) is 0 Å². The van der Waals surface area contributed by atoms with Crippen molar-refractivity contribution in [3.8, 4) is 0 Å². The third-order valence-corrected chi connectivity index (χ3v) is 6.89. The first kappa shape index (κ1) is 20.8. The van der Waals surface area contributed by atoms with Crippen molar-refractivity contribution in [1.29, 1.82) is 0 Å². The van der Waals surface area contributed by atoms with Crippen LogP contribution in [0.2, 0.25) is 0 Å². The topological polar surface area (TPSA) is 43.4 Å². The molecule has 2 aliphatic carbocycles. The lowest BCUT2D eigenvalue weighted by molar-refractivity contribution is -0.149. The van der Waals surface area contributed by atoms with Crippen LogP contribution in [-0.2, 0) is 14.9 Å². The van der Waals surface area contributed by atoms with Crippen LogP contribution in [0.3, 0.4) is 0 Å². The number of benzene rings is 2. The first-order valence-corrected chi connectivity index (χ1v) is 11.1. The number of hydrogen-bond acceptors (Lipinski definition) is 3. The van der Waals surface area contributed by atoms with Crippen LogP contribution in [0.25, 0.3) is 0 Å². The molecule has 0 aromatic heterocycles. The van der Waals surface area contributed by atoms with Gasteiger partial charge < -0.3 is 4.74 Å². The first-order chi connectivity index (χ1) is 14.6. The van der Waals surface area contributed by atoms with Crippen molar-refractivity contribution >= 4 is 11.8 Å². The number of carbonyl (C=O) groups excluding carboxylic acids is 2. The predicted octanol–water partition coefficient (Wildman–Crippen LogP) is 6.11. The van der Waals surface area contributed by atoms with Crippen LogP contribution >= 0.6 is 0 Å². The fraction of sp³-hybridized carbons (Fsp3) is 0.462. The molecule has 4 rings (SSSR count). The molecule has 0 heterocycles. The summed E-state index contributed by atoms with van der Waals surface area (Å²) in [5.41, 5.74) is 1.88. The molecular formula is C26H29FO3. The smallest absolute Gasteiger partial charge is 0.317 e. The Kier molecular flexibility index (Phi) is 6.31. The molecule has 2 aliphatic rings. The Morgan fingerprint density at radius 2 is 1.50 bits per heavy atom. The molecule has 0 saturated heterocycles. The Hall–Kier alpha value is -2.49. The molecule has 0 N–H and O–H groups in total. The molecule has 0 radical (unpaired) electrons. The second-order valence-corrected chi connectivity index (χ2v) is 8.75. The summed E-state index contributed by atoms with van der Waals surface area (Å²) in [6.07, 6.45) is 9.48. The second-order valence-electron chi connectivity index (χ2n) is 8.75. The fourth-order valence-corrected chi connectivity index (χ4v) is 5.09. The van der Waals surface area contributed by atoms with Gasteiger partial charge in [0.15, 0.2) is 12.4 Å². The van der Waals surface area contributed by atoms with Gasteiger partial charge >= 0.3 is 5.97 Å². The van der Waals surface area contributed by atoms with Crippen LogP contribution in [0.4, 0.5) is 4.39 Å². The number of esters is 1. The highest BCUT2D eigenvalue weighted by Gasteiger charge is 2.44. The van der Waals surface area contributed by atoms with E-state index < -0.39 is 5.41 Å². The molecule has 0 bridgehead atoms. The van der Waals surface area contributed by atoms with Crippen LogP contribution in [-0.4, -0.2) is 18.4 Å². The first-order valence-electron chi connectivity index (χ1n) is 11.1. The molecule has 2 saturated carbocycles. The molecule has 30 heavy (non-hydrogen) atoms. The number of carbonyl (C=O) groups is 2. The van der Waals surface area contributed by atoms with E-state index in [1.165, 1.54) is 49.8 Å². The van der Waals surface area contributed by atoms with E-state index in [-0.39, 0.29) is 24.2 Å². The number of ether oxygens (including phenoxy) is 1. The van der Waals surface area contributed by atoms with E-state index in [1.54, 1.807) is 12.1 Å². The molecule has 2 aromatic rings. The summed E-state index contributed by atoms with van der Waals surface area (Å²) in [7, 11) is 0. The fourth-order valence-electron chi connectivity index (χ4n) is 5.09. The highest BCUT2D eigenvalue weighted by atomic mass is 19.1. The van der Waals surface area contributed by atoms with Crippen molar-refractivity contribution in [3.63, 3.8) is 0 Å². The maximum atomic E-state index is 13.3. The molecule has 0 spiro atoms. The van der Waals surface area contributed by atoms with E-state index in [0.717, 1.165) is 18.4 Å². The molecule has 0 atom stereocenters. The Morgan fingerprint density at radius 3 is 2.13 bits per heavy atom. The van der Waals surface area contributed by atoms with Gasteiger partial charge in [-0.1, -0.05) is 68.5 Å². The van der Waals surface area contributed by atoms with E-state index in [1.807, 2.05) is 24.3 Å². The van der Waals surface area contributed by atoms with Crippen LogP contribution < -0.4 is 0 Å². The third kappa shape index (κ3) is 4.33. The molecule has 0 aliphatic heterocycles. The number of rotatable bonds is 6. The average Bonchev–Trinajstić information content (AvgIpc) is 3.30. The Morgan fingerprint density at radius 1 is 0.867 bits per heavy atom.